The topological polar surface area (TPSA) is 26.0 Å². The first-order valence-electron chi connectivity index (χ1n) is 3.76. The molecule has 66 valence electrons. The van der Waals surface area contributed by atoms with E-state index in [2.05, 4.69) is 0 Å². The van der Waals surface area contributed by atoms with Gasteiger partial charge in [0.2, 0.25) is 0 Å². The monoisotopic (exact) mass is 203 g/mol. The third-order valence-electron chi connectivity index (χ3n) is 2.21. The molecule has 0 saturated heterocycles. The summed E-state index contributed by atoms with van der Waals surface area (Å²) in [4.78, 5) is 0. The lowest BCUT2D eigenvalue weighted by molar-refractivity contribution is 0.740. The van der Waals surface area contributed by atoms with Crippen LogP contribution in [-0.4, -0.2) is 0 Å². The summed E-state index contributed by atoms with van der Waals surface area (Å²) in [6.45, 7) is 0. The lowest BCUT2D eigenvalue weighted by atomic mass is 10.1. The minimum absolute atomic E-state index is 0. The van der Waals surface area contributed by atoms with Crippen molar-refractivity contribution in [3.63, 3.8) is 0 Å². The number of hydrogen-bond donors (Lipinski definition) is 1. The molecule has 1 aliphatic carbocycles. The Morgan fingerprint density at radius 2 is 1.67 bits per heavy atom. The first-order valence-corrected chi connectivity index (χ1v) is 4.13. The Morgan fingerprint density at radius 1 is 1.17 bits per heavy atom. The van der Waals surface area contributed by atoms with Gasteiger partial charge in [0.05, 0.1) is 0 Å². The molecule has 0 atom stereocenters. The molecule has 1 fully saturated rings. The number of hydrogen-bond acceptors (Lipinski definition) is 1. The van der Waals surface area contributed by atoms with E-state index in [1.807, 2.05) is 24.3 Å². The normalized spacial score (nSPS) is 18.2. The fourth-order valence-corrected chi connectivity index (χ4v) is 1.33. The lowest BCUT2D eigenvalue weighted by Crippen LogP contribution is -2.18. The number of halogens is 2. The second kappa shape index (κ2) is 3.25. The molecule has 2 N–H and O–H groups in total. The molecular weight excluding hydrogens is 193 g/mol. The van der Waals surface area contributed by atoms with Crippen molar-refractivity contribution >= 4 is 24.0 Å². The van der Waals surface area contributed by atoms with E-state index in [4.69, 9.17) is 17.3 Å². The Balaban J connectivity index is 0.000000720. The fourth-order valence-electron chi connectivity index (χ4n) is 1.21. The van der Waals surface area contributed by atoms with Crippen LogP contribution < -0.4 is 5.73 Å². The highest BCUT2D eigenvalue weighted by Crippen LogP contribution is 2.42. The molecule has 1 nitrogen and oxygen atoms in total. The zero-order chi connectivity index (χ0) is 7.90. The highest BCUT2D eigenvalue weighted by atomic mass is 35.5. The van der Waals surface area contributed by atoms with Gasteiger partial charge in [-0.15, -0.1) is 12.4 Å². The van der Waals surface area contributed by atoms with Crippen LogP contribution in [0.1, 0.15) is 18.4 Å². The van der Waals surface area contributed by atoms with E-state index in [0.29, 0.717) is 0 Å². The summed E-state index contributed by atoms with van der Waals surface area (Å²) < 4.78 is 0. The largest absolute Gasteiger partial charge is 0.321 e. The third-order valence-corrected chi connectivity index (χ3v) is 2.46. The van der Waals surface area contributed by atoms with E-state index in [1.54, 1.807) is 0 Å². The molecule has 12 heavy (non-hydrogen) atoms. The molecule has 0 heterocycles. The van der Waals surface area contributed by atoms with Gasteiger partial charge in [-0.1, -0.05) is 23.7 Å². The maximum atomic E-state index is 5.97. The van der Waals surface area contributed by atoms with E-state index in [1.165, 1.54) is 5.56 Å². The Labute approximate surface area is 83.3 Å². The van der Waals surface area contributed by atoms with E-state index in [0.717, 1.165) is 17.9 Å². The van der Waals surface area contributed by atoms with Crippen molar-refractivity contribution in [3.05, 3.63) is 34.9 Å². The van der Waals surface area contributed by atoms with Gasteiger partial charge in [0, 0.05) is 10.6 Å². The number of nitrogens with two attached hydrogens (primary N) is 1. The van der Waals surface area contributed by atoms with E-state index >= 15 is 0 Å². The Morgan fingerprint density at radius 3 is 2.08 bits per heavy atom. The molecule has 0 amide bonds. The molecule has 1 aromatic rings. The van der Waals surface area contributed by atoms with Crippen molar-refractivity contribution in [1.29, 1.82) is 0 Å². The van der Waals surface area contributed by atoms with E-state index in [-0.39, 0.29) is 17.9 Å². The first-order chi connectivity index (χ1) is 5.21. The second-order valence-corrected chi connectivity index (χ2v) is 3.60. The van der Waals surface area contributed by atoms with Gasteiger partial charge in [0.1, 0.15) is 0 Å². The van der Waals surface area contributed by atoms with Crippen LogP contribution in [0.25, 0.3) is 0 Å². The highest BCUT2D eigenvalue weighted by molar-refractivity contribution is 6.30. The number of rotatable bonds is 1. The molecular formula is C9H11Cl2N. The maximum Gasteiger partial charge on any atom is 0.0411 e. The van der Waals surface area contributed by atoms with E-state index in [9.17, 15) is 0 Å². The molecule has 0 aliphatic heterocycles. The summed E-state index contributed by atoms with van der Waals surface area (Å²) in [5.41, 5.74) is 7.16. The zero-order valence-electron chi connectivity index (χ0n) is 6.59. The molecule has 0 radical (unpaired) electrons. The van der Waals surface area contributed by atoms with Crippen LogP contribution in [-0.2, 0) is 5.54 Å². The van der Waals surface area contributed by atoms with Crippen molar-refractivity contribution in [2.24, 2.45) is 5.73 Å². The first kappa shape index (κ1) is 9.85. The average molecular weight is 204 g/mol. The molecule has 0 spiro atoms. The van der Waals surface area contributed by atoms with Gasteiger partial charge in [-0.25, -0.2) is 0 Å². The van der Waals surface area contributed by atoms with Crippen molar-refractivity contribution < 1.29 is 0 Å². The molecule has 0 bridgehead atoms. The van der Waals surface area contributed by atoms with Crippen LogP contribution in [0, 0.1) is 0 Å². The molecule has 1 aromatic carbocycles. The molecule has 0 aromatic heterocycles. The quantitative estimate of drug-likeness (QED) is 0.747. The summed E-state index contributed by atoms with van der Waals surface area (Å²) in [6.07, 6.45) is 2.21. The standard InChI is InChI=1S/C9H10ClN.ClH/c10-8-3-1-7(2-4-8)9(11)5-6-9;/h1-4H,5-6,11H2;1H. The molecule has 0 unspecified atom stereocenters. The van der Waals surface area contributed by atoms with Gasteiger partial charge in [-0.3, -0.25) is 0 Å². The van der Waals surface area contributed by atoms with Gasteiger partial charge in [0.15, 0.2) is 0 Å². The minimum Gasteiger partial charge on any atom is -0.321 e. The summed E-state index contributed by atoms with van der Waals surface area (Å²) in [6, 6.07) is 7.80. The van der Waals surface area contributed by atoms with E-state index < -0.39 is 0 Å². The maximum absolute atomic E-state index is 5.97. The van der Waals surface area contributed by atoms with Crippen molar-refractivity contribution in [1.82, 2.24) is 0 Å². The van der Waals surface area contributed by atoms with Crippen LogP contribution in [0.15, 0.2) is 24.3 Å². The summed E-state index contributed by atoms with van der Waals surface area (Å²) in [7, 11) is 0. The summed E-state index contributed by atoms with van der Waals surface area (Å²) in [5, 5.41) is 0.776. The van der Waals surface area contributed by atoms with Gasteiger partial charge < -0.3 is 5.73 Å². The average Bonchev–Trinajstić information content (AvgIpc) is 2.70. The van der Waals surface area contributed by atoms with Crippen LogP contribution in [0.2, 0.25) is 5.02 Å². The number of benzene rings is 1. The molecule has 1 saturated carbocycles. The second-order valence-electron chi connectivity index (χ2n) is 3.16. The lowest BCUT2D eigenvalue weighted by Gasteiger charge is -2.07. The Kier molecular flexibility index (Phi) is 2.67. The fraction of sp³-hybridized carbons (Fsp3) is 0.333. The van der Waals surface area contributed by atoms with Crippen molar-refractivity contribution in [3.8, 4) is 0 Å². The summed E-state index contributed by atoms with van der Waals surface area (Å²) in [5.74, 6) is 0. The minimum atomic E-state index is -0.0232. The van der Waals surface area contributed by atoms with Crippen molar-refractivity contribution in [2.45, 2.75) is 18.4 Å². The van der Waals surface area contributed by atoms with Crippen LogP contribution in [0.5, 0.6) is 0 Å². The predicted octanol–water partition coefficient (Wildman–Crippen LogP) is 2.71. The molecule has 1 aliphatic rings. The van der Waals surface area contributed by atoms with Crippen LogP contribution in [0.3, 0.4) is 0 Å². The van der Waals surface area contributed by atoms with Gasteiger partial charge >= 0.3 is 0 Å². The van der Waals surface area contributed by atoms with Gasteiger partial charge in [-0.05, 0) is 30.5 Å². The van der Waals surface area contributed by atoms with Gasteiger partial charge in [0.25, 0.3) is 0 Å². The smallest absolute Gasteiger partial charge is 0.0411 e. The molecule has 3 heteroatoms. The van der Waals surface area contributed by atoms with Gasteiger partial charge in [-0.2, -0.15) is 0 Å². The third kappa shape index (κ3) is 1.74. The highest BCUT2D eigenvalue weighted by Gasteiger charge is 2.39. The summed E-state index contributed by atoms with van der Waals surface area (Å²) >= 11 is 5.74. The predicted molar refractivity (Wildman–Crippen MR) is 53.8 cm³/mol. The van der Waals surface area contributed by atoms with Crippen LogP contribution >= 0.6 is 24.0 Å². The van der Waals surface area contributed by atoms with Crippen LogP contribution in [0.4, 0.5) is 0 Å². The zero-order valence-corrected chi connectivity index (χ0v) is 8.16. The Bertz CT molecular complexity index is 264. The Hall–Kier alpha value is -0.240. The van der Waals surface area contributed by atoms with Crippen molar-refractivity contribution in [2.75, 3.05) is 0 Å². The SMILES string of the molecule is Cl.NC1(c2ccc(Cl)cc2)CC1. The molecule has 2 rings (SSSR count).